The number of nitrogens with zero attached hydrogens (tertiary/aromatic N) is 1. The molecule has 2 aliphatic rings. The van der Waals surface area contributed by atoms with Gasteiger partial charge >= 0.3 is 0 Å². The van der Waals surface area contributed by atoms with Gasteiger partial charge in [0.25, 0.3) is 0 Å². The van der Waals surface area contributed by atoms with E-state index in [9.17, 15) is 0 Å². The average Bonchev–Trinajstić information content (AvgIpc) is 2.40. The fraction of sp³-hybridized carbons (Fsp3) is 0.867. The Morgan fingerprint density at radius 1 is 1.44 bits per heavy atom. The predicted octanol–water partition coefficient (Wildman–Crippen LogP) is 2.04. The number of ether oxygens (including phenoxy) is 1. The fourth-order valence-electron chi connectivity index (χ4n) is 3.05. The van der Waals surface area contributed by atoms with Crippen LogP contribution in [0.3, 0.4) is 0 Å². The summed E-state index contributed by atoms with van der Waals surface area (Å²) in [7, 11) is 0. The van der Waals surface area contributed by atoms with Crippen LogP contribution < -0.4 is 5.32 Å². The molecule has 1 heterocycles. The van der Waals surface area contributed by atoms with Crippen LogP contribution in [0.15, 0.2) is 12.2 Å². The Labute approximate surface area is 112 Å². The number of nitrogens with one attached hydrogen (secondary N) is 1. The maximum absolute atomic E-state index is 5.49. The van der Waals surface area contributed by atoms with Gasteiger partial charge in [0.1, 0.15) is 0 Å². The molecule has 3 atom stereocenters. The lowest BCUT2D eigenvalue weighted by Crippen LogP contribution is -2.51. The summed E-state index contributed by atoms with van der Waals surface area (Å²) in [4.78, 5) is 2.57. The van der Waals surface area contributed by atoms with E-state index in [2.05, 4.69) is 36.2 Å². The van der Waals surface area contributed by atoms with Gasteiger partial charge in [-0.1, -0.05) is 12.2 Å². The smallest absolute Gasteiger partial charge is 0.0619 e. The molecule has 1 saturated heterocycles. The summed E-state index contributed by atoms with van der Waals surface area (Å²) in [6.45, 7) is 9.73. The van der Waals surface area contributed by atoms with Crippen LogP contribution in [0.2, 0.25) is 0 Å². The van der Waals surface area contributed by atoms with E-state index >= 15 is 0 Å². The SMILES string of the molecule is C[C@H](CNC[C@H]1CC=CCC1)N1CCOC[C@@H]1C. The van der Waals surface area contributed by atoms with Gasteiger partial charge in [-0.15, -0.1) is 0 Å². The molecule has 0 aromatic rings. The molecule has 2 rings (SSSR count). The zero-order valence-electron chi connectivity index (χ0n) is 11.9. The maximum Gasteiger partial charge on any atom is 0.0619 e. The standard InChI is InChI=1S/C15H28N2O/c1-13(17-8-9-18-12-14(17)2)10-16-11-15-6-4-3-5-7-15/h3-4,13-16H,5-12H2,1-2H3/t13-,14+,15+/m1/s1. The minimum Gasteiger partial charge on any atom is -0.379 e. The van der Waals surface area contributed by atoms with Gasteiger partial charge in [0, 0.05) is 25.2 Å². The minimum atomic E-state index is 0.563. The van der Waals surface area contributed by atoms with Crippen molar-refractivity contribution in [3.8, 4) is 0 Å². The van der Waals surface area contributed by atoms with Crippen molar-refractivity contribution in [1.29, 1.82) is 0 Å². The van der Waals surface area contributed by atoms with E-state index in [0.29, 0.717) is 12.1 Å². The Morgan fingerprint density at radius 3 is 3.06 bits per heavy atom. The van der Waals surface area contributed by atoms with Crippen molar-refractivity contribution in [2.24, 2.45) is 5.92 Å². The van der Waals surface area contributed by atoms with Gasteiger partial charge in [0.15, 0.2) is 0 Å². The molecule has 1 N–H and O–H groups in total. The second kappa shape index (κ2) is 7.27. The number of morpholine rings is 1. The van der Waals surface area contributed by atoms with Gasteiger partial charge in [0.2, 0.25) is 0 Å². The second-order valence-corrected chi connectivity index (χ2v) is 5.82. The molecule has 0 spiro atoms. The highest BCUT2D eigenvalue weighted by Crippen LogP contribution is 2.17. The highest BCUT2D eigenvalue weighted by Gasteiger charge is 2.23. The minimum absolute atomic E-state index is 0.563. The number of hydrogen-bond acceptors (Lipinski definition) is 3. The largest absolute Gasteiger partial charge is 0.379 e. The van der Waals surface area contributed by atoms with Crippen molar-refractivity contribution >= 4 is 0 Å². The lowest BCUT2D eigenvalue weighted by Gasteiger charge is -2.38. The van der Waals surface area contributed by atoms with Gasteiger partial charge in [0.05, 0.1) is 13.2 Å². The molecule has 0 radical (unpaired) electrons. The molecule has 0 aromatic carbocycles. The number of allylic oxidation sites excluding steroid dienone is 2. The van der Waals surface area contributed by atoms with E-state index < -0.39 is 0 Å². The van der Waals surface area contributed by atoms with Crippen LogP contribution in [-0.4, -0.2) is 49.8 Å². The second-order valence-electron chi connectivity index (χ2n) is 5.82. The monoisotopic (exact) mass is 252 g/mol. The van der Waals surface area contributed by atoms with E-state index in [1.165, 1.54) is 25.8 Å². The summed E-state index contributed by atoms with van der Waals surface area (Å²) in [6, 6.07) is 1.18. The van der Waals surface area contributed by atoms with Crippen molar-refractivity contribution in [1.82, 2.24) is 10.2 Å². The molecular weight excluding hydrogens is 224 g/mol. The van der Waals surface area contributed by atoms with Gasteiger partial charge in [-0.25, -0.2) is 0 Å². The van der Waals surface area contributed by atoms with Crippen LogP contribution in [0.1, 0.15) is 33.1 Å². The Bertz CT molecular complexity index is 267. The molecule has 104 valence electrons. The Hall–Kier alpha value is -0.380. The molecule has 3 heteroatoms. The van der Waals surface area contributed by atoms with Crippen LogP contribution in [-0.2, 0) is 4.74 Å². The lowest BCUT2D eigenvalue weighted by molar-refractivity contribution is -0.0182. The van der Waals surface area contributed by atoms with Gasteiger partial charge in [-0.3, -0.25) is 4.90 Å². The Kier molecular flexibility index (Phi) is 5.67. The van der Waals surface area contributed by atoms with E-state index in [0.717, 1.165) is 32.2 Å². The molecular formula is C15H28N2O. The molecule has 1 aliphatic heterocycles. The van der Waals surface area contributed by atoms with E-state index in [4.69, 9.17) is 4.74 Å². The van der Waals surface area contributed by atoms with Crippen LogP contribution >= 0.6 is 0 Å². The molecule has 0 unspecified atom stereocenters. The first-order valence-corrected chi connectivity index (χ1v) is 7.46. The number of hydrogen-bond donors (Lipinski definition) is 1. The van der Waals surface area contributed by atoms with Crippen LogP contribution in [0.25, 0.3) is 0 Å². The maximum atomic E-state index is 5.49. The molecule has 0 saturated carbocycles. The third-order valence-corrected chi connectivity index (χ3v) is 4.24. The summed E-state index contributed by atoms with van der Waals surface area (Å²) in [6.07, 6.45) is 8.53. The van der Waals surface area contributed by atoms with Crippen molar-refractivity contribution in [2.75, 3.05) is 32.8 Å². The summed E-state index contributed by atoms with van der Waals surface area (Å²) in [5.41, 5.74) is 0. The van der Waals surface area contributed by atoms with E-state index in [1.54, 1.807) is 0 Å². The van der Waals surface area contributed by atoms with Crippen molar-refractivity contribution < 1.29 is 4.74 Å². The third-order valence-electron chi connectivity index (χ3n) is 4.24. The summed E-state index contributed by atoms with van der Waals surface area (Å²) in [5.74, 6) is 0.851. The summed E-state index contributed by atoms with van der Waals surface area (Å²) in [5, 5.41) is 3.66. The van der Waals surface area contributed by atoms with Gasteiger partial charge in [-0.05, 0) is 45.6 Å². The van der Waals surface area contributed by atoms with Crippen LogP contribution in [0.5, 0.6) is 0 Å². The zero-order chi connectivity index (χ0) is 12.8. The van der Waals surface area contributed by atoms with Gasteiger partial charge in [-0.2, -0.15) is 0 Å². The summed E-state index contributed by atoms with van der Waals surface area (Å²) < 4.78 is 5.49. The quantitative estimate of drug-likeness (QED) is 0.758. The number of rotatable bonds is 5. The third kappa shape index (κ3) is 4.08. The molecule has 18 heavy (non-hydrogen) atoms. The Balaban J connectivity index is 1.64. The topological polar surface area (TPSA) is 24.5 Å². The zero-order valence-corrected chi connectivity index (χ0v) is 11.9. The predicted molar refractivity (Wildman–Crippen MR) is 75.8 cm³/mol. The van der Waals surface area contributed by atoms with Crippen molar-refractivity contribution in [3.63, 3.8) is 0 Å². The molecule has 0 amide bonds. The van der Waals surface area contributed by atoms with Crippen LogP contribution in [0.4, 0.5) is 0 Å². The van der Waals surface area contributed by atoms with Crippen LogP contribution in [0, 0.1) is 5.92 Å². The first-order chi connectivity index (χ1) is 8.77. The normalized spacial score (nSPS) is 31.4. The van der Waals surface area contributed by atoms with E-state index in [1.807, 2.05) is 0 Å². The fourth-order valence-corrected chi connectivity index (χ4v) is 3.05. The lowest BCUT2D eigenvalue weighted by atomic mass is 9.94. The average molecular weight is 252 g/mol. The summed E-state index contributed by atoms with van der Waals surface area (Å²) >= 11 is 0. The molecule has 0 aromatic heterocycles. The van der Waals surface area contributed by atoms with Crippen molar-refractivity contribution in [3.05, 3.63) is 12.2 Å². The molecule has 3 nitrogen and oxygen atoms in total. The first kappa shape index (κ1) is 14.0. The van der Waals surface area contributed by atoms with Gasteiger partial charge < -0.3 is 10.1 Å². The Morgan fingerprint density at radius 2 is 2.33 bits per heavy atom. The van der Waals surface area contributed by atoms with E-state index in [-0.39, 0.29) is 0 Å². The first-order valence-electron chi connectivity index (χ1n) is 7.46. The highest BCUT2D eigenvalue weighted by molar-refractivity contribution is 4.90. The molecule has 1 aliphatic carbocycles. The molecule has 0 bridgehead atoms. The van der Waals surface area contributed by atoms with Crippen molar-refractivity contribution in [2.45, 2.75) is 45.2 Å². The molecule has 1 fully saturated rings. The highest BCUT2D eigenvalue weighted by atomic mass is 16.5.